The van der Waals surface area contributed by atoms with Crippen LogP contribution in [0, 0.1) is 6.92 Å². The SMILES string of the molecule is Cc1nnsc1C(NN)c1ccnn1-c1ccccc1. The topological polar surface area (TPSA) is 81.7 Å². The molecule has 2 heterocycles. The first-order valence-corrected chi connectivity index (χ1v) is 6.93. The second kappa shape index (κ2) is 5.49. The molecule has 2 aromatic heterocycles. The zero-order chi connectivity index (χ0) is 13.9. The molecule has 3 aromatic rings. The smallest absolute Gasteiger partial charge is 0.101 e. The number of para-hydroxylation sites is 1. The molecule has 0 radical (unpaired) electrons. The Morgan fingerprint density at radius 2 is 2.05 bits per heavy atom. The number of hydrazine groups is 1. The van der Waals surface area contributed by atoms with E-state index in [0.717, 1.165) is 22.0 Å². The minimum atomic E-state index is -0.183. The number of nitrogens with zero attached hydrogens (tertiary/aromatic N) is 4. The Labute approximate surface area is 120 Å². The van der Waals surface area contributed by atoms with Crippen LogP contribution in [0.5, 0.6) is 0 Å². The number of nitrogens with one attached hydrogen (secondary N) is 1. The minimum Gasteiger partial charge on any atom is -0.270 e. The van der Waals surface area contributed by atoms with Crippen molar-refractivity contribution in [3.8, 4) is 5.69 Å². The summed E-state index contributed by atoms with van der Waals surface area (Å²) in [7, 11) is 0. The van der Waals surface area contributed by atoms with E-state index in [1.54, 1.807) is 6.20 Å². The molecule has 0 aliphatic carbocycles. The zero-order valence-electron chi connectivity index (χ0n) is 10.9. The number of aryl methyl sites for hydroxylation is 1. The highest BCUT2D eigenvalue weighted by Crippen LogP contribution is 2.27. The molecule has 1 aromatic carbocycles. The van der Waals surface area contributed by atoms with Crippen molar-refractivity contribution in [2.24, 2.45) is 5.84 Å². The summed E-state index contributed by atoms with van der Waals surface area (Å²) in [4.78, 5) is 0.991. The summed E-state index contributed by atoms with van der Waals surface area (Å²) >= 11 is 1.34. The highest BCUT2D eigenvalue weighted by Gasteiger charge is 2.22. The number of nitrogens with two attached hydrogens (primary N) is 1. The first-order valence-electron chi connectivity index (χ1n) is 6.15. The Balaban J connectivity index is 2.07. The van der Waals surface area contributed by atoms with E-state index in [4.69, 9.17) is 5.84 Å². The third-order valence-corrected chi connectivity index (χ3v) is 3.98. The van der Waals surface area contributed by atoms with E-state index >= 15 is 0 Å². The van der Waals surface area contributed by atoms with Crippen molar-refractivity contribution in [3.63, 3.8) is 0 Å². The number of benzene rings is 1. The maximum Gasteiger partial charge on any atom is 0.101 e. The van der Waals surface area contributed by atoms with Gasteiger partial charge in [0.25, 0.3) is 0 Å². The summed E-state index contributed by atoms with van der Waals surface area (Å²) in [5, 5.41) is 8.42. The van der Waals surface area contributed by atoms with Crippen molar-refractivity contribution in [1.82, 2.24) is 24.8 Å². The van der Waals surface area contributed by atoms with E-state index in [-0.39, 0.29) is 6.04 Å². The van der Waals surface area contributed by atoms with Crippen LogP contribution in [0.1, 0.15) is 22.3 Å². The lowest BCUT2D eigenvalue weighted by molar-refractivity contribution is 0.602. The Morgan fingerprint density at radius 3 is 2.70 bits per heavy atom. The van der Waals surface area contributed by atoms with Gasteiger partial charge < -0.3 is 0 Å². The van der Waals surface area contributed by atoms with Crippen molar-refractivity contribution in [1.29, 1.82) is 0 Å². The van der Waals surface area contributed by atoms with E-state index in [2.05, 4.69) is 20.1 Å². The molecule has 1 atom stereocenters. The van der Waals surface area contributed by atoms with Gasteiger partial charge in [-0.3, -0.25) is 5.84 Å². The standard InChI is InChI=1S/C13H14N6S/c1-9-13(20-18-17-9)12(16-14)11-7-8-15-19(11)10-5-3-2-4-6-10/h2-8,12,16H,14H2,1H3. The fourth-order valence-electron chi connectivity index (χ4n) is 2.12. The van der Waals surface area contributed by atoms with Gasteiger partial charge in [0.2, 0.25) is 0 Å². The van der Waals surface area contributed by atoms with Crippen molar-refractivity contribution in [2.75, 3.05) is 0 Å². The molecule has 1 unspecified atom stereocenters. The predicted octanol–water partition coefficient (Wildman–Crippen LogP) is 1.58. The average molecular weight is 286 g/mol. The summed E-state index contributed by atoms with van der Waals surface area (Å²) in [5.74, 6) is 5.73. The fraction of sp³-hybridized carbons (Fsp3) is 0.154. The molecule has 0 fully saturated rings. The molecule has 0 amide bonds. The second-order valence-electron chi connectivity index (χ2n) is 4.33. The molecule has 3 rings (SSSR count). The maximum absolute atomic E-state index is 5.73. The monoisotopic (exact) mass is 286 g/mol. The lowest BCUT2D eigenvalue weighted by Gasteiger charge is -2.16. The van der Waals surface area contributed by atoms with E-state index in [1.807, 2.05) is 48.0 Å². The summed E-state index contributed by atoms with van der Waals surface area (Å²) in [5.41, 5.74) is 5.64. The quantitative estimate of drug-likeness (QED) is 0.562. The molecule has 0 aliphatic heterocycles. The molecule has 3 N–H and O–H groups in total. The summed E-state index contributed by atoms with van der Waals surface area (Å²) in [6.07, 6.45) is 1.76. The van der Waals surface area contributed by atoms with E-state index in [0.29, 0.717) is 0 Å². The van der Waals surface area contributed by atoms with Crippen LogP contribution in [0.15, 0.2) is 42.6 Å². The molecule has 20 heavy (non-hydrogen) atoms. The molecular weight excluding hydrogens is 272 g/mol. The van der Waals surface area contributed by atoms with Gasteiger partial charge in [0.1, 0.15) is 6.04 Å². The van der Waals surface area contributed by atoms with Crippen molar-refractivity contribution < 1.29 is 0 Å². The first kappa shape index (κ1) is 12.9. The van der Waals surface area contributed by atoms with Crippen LogP contribution in [-0.2, 0) is 0 Å². The van der Waals surface area contributed by atoms with Gasteiger partial charge in [-0.1, -0.05) is 22.7 Å². The lowest BCUT2D eigenvalue weighted by Crippen LogP contribution is -2.30. The number of hydrogen-bond acceptors (Lipinski definition) is 6. The van der Waals surface area contributed by atoms with Crippen LogP contribution in [0.2, 0.25) is 0 Å². The zero-order valence-corrected chi connectivity index (χ0v) is 11.7. The maximum atomic E-state index is 5.73. The number of aromatic nitrogens is 4. The van der Waals surface area contributed by atoms with Crippen LogP contribution >= 0.6 is 11.5 Å². The van der Waals surface area contributed by atoms with Gasteiger partial charge in [0.15, 0.2) is 0 Å². The van der Waals surface area contributed by atoms with Gasteiger partial charge in [-0.15, -0.1) is 5.10 Å². The van der Waals surface area contributed by atoms with Crippen molar-refractivity contribution in [3.05, 3.63) is 58.9 Å². The molecule has 0 saturated carbocycles. The third kappa shape index (κ3) is 2.22. The Hall–Kier alpha value is -2.09. The summed E-state index contributed by atoms with van der Waals surface area (Å²) in [6.45, 7) is 1.92. The van der Waals surface area contributed by atoms with Crippen molar-refractivity contribution in [2.45, 2.75) is 13.0 Å². The van der Waals surface area contributed by atoms with Gasteiger partial charge in [0, 0.05) is 6.20 Å². The Kier molecular flexibility index (Phi) is 3.55. The molecule has 7 heteroatoms. The molecule has 0 bridgehead atoms. The molecule has 0 aliphatic rings. The van der Waals surface area contributed by atoms with Gasteiger partial charge in [-0.25, -0.2) is 10.1 Å². The van der Waals surface area contributed by atoms with Crippen LogP contribution in [-0.4, -0.2) is 19.4 Å². The predicted molar refractivity (Wildman–Crippen MR) is 77.4 cm³/mol. The highest BCUT2D eigenvalue weighted by atomic mass is 32.1. The van der Waals surface area contributed by atoms with Crippen molar-refractivity contribution >= 4 is 11.5 Å². The molecular formula is C13H14N6S. The Bertz CT molecular complexity index is 690. The van der Waals surface area contributed by atoms with E-state index in [9.17, 15) is 0 Å². The lowest BCUT2D eigenvalue weighted by atomic mass is 10.1. The second-order valence-corrected chi connectivity index (χ2v) is 5.11. The minimum absolute atomic E-state index is 0.183. The van der Waals surface area contributed by atoms with Crippen LogP contribution < -0.4 is 11.3 Å². The Morgan fingerprint density at radius 1 is 1.25 bits per heavy atom. The molecule has 102 valence electrons. The normalized spacial score (nSPS) is 12.5. The van der Waals surface area contributed by atoms with Gasteiger partial charge in [-0.2, -0.15) is 5.10 Å². The third-order valence-electron chi connectivity index (χ3n) is 3.08. The van der Waals surface area contributed by atoms with Crippen LogP contribution in [0.25, 0.3) is 5.69 Å². The van der Waals surface area contributed by atoms with E-state index in [1.165, 1.54) is 11.5 Å². The van der Waals surface area contributed by atoms with E-state index < -0.39 is 0 Å². The first-order chi connectivity index (χ1) is 9.81. The van der Waals surface area contributed by atoms with Gasteiger partial charge in [-0.05, 0) is 36.7 Å². The largest absolute Gasteiger partial charge is 0.270 e. The van der Waals surface area contributed by atoms with Gasteiger partial charge >= 0.3 is 0 Å². The average Bonchev–Trinajstić information content (AvgIpc) is 3.11. The molecule has 0 saturated heterocycles. The van der Waals surface area contributed by atoms with Crippen LogP contribution in [0.3, 0.4) is 0 Å². The fourth-order valence-corrected chi connectivity index (χ4v) is 2.83. The summed E-state index contributed by atoms with van der Waals surface area (Å²) < 4.78 is 5.83. The van der Waals surface area contributed by atoms with Gasteiger partial charge in [0.05, 0.1) is 22.0 Å². The summed E-state index contributed by atoms with van der Waals surface area (Å²) in [6, 6.07) is 11.7. The van der Waals surface area contributed by atoms with Crippen LogP contribution in [0.4, 0.5) is 0 Å². The highest BCUT2D eigenvalue weighted by molar-refractivity contribution is 7.05. The number of rotatable bonds is 4. The molecule has 6 nitrogen and oxygen atoms in total. The number of hydrogen-bond donors (Lipinski definition) is 2. The molecule has 0 spiro atoms.